The first kappa shape index (κ1) is 13.1. The number of rotatable bonds is 4. The predicted molar refractivity (Wildman–Crippen MR) is 83.0 cm³/mol. The minimum Gasteiger partial charge on any atom is -0.396 e. The number of hydrogen-bond acceptors (Lipinski definition) is 2. The fraction of sp³-hybridized carbons (Fsp3) is 0.222. The summed E-state index contributed by atoms with van der Waals surface area (Å²) in [6.45, 7) is 0.300. The van der Waals surface area contributed by atoms with Gasteiger partial charge < -0.3 is 10.2 Å². The van der Waals surface area contributed by atoms with Crippen molar-refractivity contribution in [2.45, 2.75) is 12.8 Å². The molecular formula is C18H18O2. The van der Waals surface area contributed by atoms with E-state index in [2.05, 4.69) is 30.3 Å². The Hall–Kier alpha value is -1.90. The fourth-order valence-electron chi connectivity index (χ4n) is 2.96. The molecule has 0 aromatic heterocycles. The topological polar surface area (TPSA) is 40.5 Å². The summed E-state index contributed by atoms with van der Waals surface area (Å²) in [5.41, 5.74) is 2.36. The van der Waals surface area contributed by atoms with Gasteiger partial charge in [0.05, 0.1) is 0 Å². The summed E-state index contributed by atoms with van der Waals surface area (Å²) in [7, 11) is 0. The first-order chi connectivity index (χ1) is 9.85. The average molecular weight is 266 g/mol. The predicted octanol–water partition coefficient (Wildman–Crippen LogP) is 3.06. The lowest BCUT2D eigenvalue weighted by Gasteiger charge is -2.13. The number of benzene rings is 3. The molecule has 0 saturated carbocycles. The van der Waals surface area contributed by atoms with Gasteiger partial charge in [0.2, 0.25) is 0 Å². The van der Waals surface area contributed by atoms with Gasteiger partial charge >= 0.3 is 0 Å². The van der Waals surface area contributed by atoms with E-state index in [9.17, 15) is 10.2 Å². The molecule has 0 atom stereocenters. The maximum atomic E-state index is 9.37. The first-order valence-electron chi connectivity index (χ1n) is 6.99. The third-order valence-corrected chi connectivity index (χ3v) is 3.85. The second kappa shape index (κ2) is 5.61. The lowest BCUT2D eigenvalue weighted by atomic mass is 9.92. The summed E-state index contributed by atoms with van der Waals surface area (Å²) >= 11 is 0. The highest BCUT2D eigenvalue weighted by molar-refractivity contribution is 6.03. The van der Waals surface area contributed by atoms with Gasteiger partial charge in [0.1, 0.15) is 0 Å². The molecule has 0 unspecified atom stereocenters. The van der Waals surface area contributed by atoms with Crippen LogP contribution in [0.25, 0.3) is 21.5 Å². The summed E-state index contributed by atoms with van der Waals surface area (Å²) in [6, 6.07) is 16.7. The van der Waals surface area contributed by atoms with Crippen molar-refractivity contribution in [2.24, 2.45) is 0 Å². The van der Waals surface area contributed by atoms with Crippen LogP contribution in [0.3, 0.4) is 0 Å². The molecule has 0 aliphatic rings. The lowest BCUT2D eigenvalue weighted by molar-refractivity contribution is 0.299. The van der Waals surface area contributed by atoms with E-state index in [4.69, 9.17) is 0 Å². The molecule has 3 rings (SSSR count). The van der Waals surface area contributed by atoms with E-state index in [-0.39, 0.29) is 13.2 Å². The van der Waals surface area contributed by atoms with Gasteiger partial charge in [0.15, 0.2) is 0 Å². The van der Waals surface area contributed by atoms with Crippen LogP contribution in [0.15, 0.2) is 48.5 Å². The molecule has 0 bridgehead atoms. The van der Waals surface area contributed by atoms with Gasteiger partial charge in [-0.15, -0.1) is 0 Å². The third-order valence-electron chi connectivity index (χ3n) is 3.85. The summed E-state index contributed by atoms with van der Waals surface area (Å²) in [6.07, 6.45) is 1.31. The van der Waals surface area contributed by atoms with Gasteiger partial charge in [0, 0.05) is 13.2 Å². The van der Waals surface area contributed by atoms with Crippen LogP contribution < -0.4 is 0 Å². The Bertz CT molecular complexity index is 747. The van der Waals surface area contributed by atoms with Gasteiger partial charge in [-0.3, -0.25) is 0 Å². The molecule has 3 aromatic carbocycles. The minimum atomic E-state index is 0.146. The van der Waals surface area contributed by atoms with Crippen molar-refractivity contribution in [1.29, 1.82) is 0 Å². The highest BCUT2D eigenvalue weighted by atomic mass is 16.3. The summed E-state index contributed by atoms with van der Waals surface area (Å²) in [5, 5.41) is 23.4. The Labute approximate surface area is 118 Å². The molecular weight excluding hydrogens is 248 g/mol. The fourth-order valence-corrected chi connectivity index (χ4v) is 2.96. The molecule has 2 heteroatoms. The molecule has 0 spiro atoms. The second-order valence-corrected chi connectivity index (χ2v) is 5.04. The second-order valence-electron chi connectivity index (χ2n) is 5.04. The number of hydrogen-bond donors (Lipinski definition) is 2. The van der Waals surface area contributed by atoms with E-state index < -0.39 is 0 Å². The monoisotopic (exact) mass is 266 g/mol. The van der Waals surface area contributed by atoms with Crippen molar-refractivity contribution in [2.75, 3.05) is 13.2 Å². The minimum absolute atomic E-state index is 0.146. The van der Waals surface area contributed by atoms with Crippen LogP contribution in [0.4, 0.5) is 0 Å². The standard InChI is InChI=1S/C18H18O2/c19-10-8-13-5-3-7-16-17(9-11-20)15-6-2-1-4-14(15)12-18(13)16/h1-7,12,19-20H,8-11H2. The molecule has 0 aliphatic carbocycles. The van der Waals surface area contributed by atoms with Gasteiger partial charge in [-0.1, -0.05) is 42.5 Å². The molecule has 0 aliphatic heterocycles. The Morgan fingerprint density at radius 3 is 2.25 bits per heavy atom. The van der Waals surface area contributed by atoms with Crippen LogP contribution in [0, 0.1) is 0 Å². The maximum absolute atomic E-state index is 9.37. The molecule has 3 aromatic rings. The maximum Gasteiger partial charge on any atom is 0.0471 e. The molecule has 2 N–H and O–H groups in total. The van der Waals surface area contributed by atoms with Gasteiger partial charge in [-0.25, -0.2) is 0 Å². The van der Waals surface area contributed by atoms with Crippen LogP contribution in [-0.4, -0.2) is 23.4 Å². The highest BCUT2D eigenvalue weighted by Gasteiger charge is 2.09. The van der Waals surface area contributed by atoms with E-state index in [0.717, 1.165) is 5.56 Å². The van der Waals surface area contributed by atoms with Crippen LogP contribution in [0.1, 0.15) is 11.1 Å². The third kappa shape index (κ3) is 2.17. The lowest BCUT2D eigenvalue weighted by Crippen LogP contribution is -1.97. The smallest absolute Gasteiger partial charge is 0.0471 e. The average Bonchev–Trinajstić information content (AvgIpc) is 2.48. The first-order valence-corrected chi connectivity index (χ1v) is 6.99. The van der Waals surface area contributed by atoms with Gasteiger partial charge in [0.25, 0.3) is 0 Å². The molecule has 102 valence electrons. The van der Waals surface area contributed by atoms with Crippen LogP contribution >= 0.6 is 0 Å². The van der Waals surface area contributed by atoms with Crippen molar-refractivity contribution >= 4 is 21.5 Å². The SMILES string of the molecule is OCCc1cccc2c(CCO)c3ccccc3cc12. The molecule has 0 radical (unpaired) electrons. The van der Waals surface area contributed by atoms with Crippen LogP contribution in [-0.2, 0) is 12.8 Å². The van der Waals surface area contributed by atoms with E-state index in [1.165, 1.54) is 27.1 Å². The van der Waals surface area contributed by atoms with Gasteiger partial charge in [-0.2, -0.15) is 0 Å². The molecule has 0 saturated heterocycles. The summed E-state index contributed by atoms with van der Waals surface area (Å²) < 4.78 is 0. The normalized spacial score (nSPS) is 11.3. The number of aliphatic hydroxyl groups excluding tert-OH is 2. The largest absolute Gasteiger partial charge is 0.396 e. The van der Waals surface area contributed by atoms with Crippen molar-refractivity contribution < 1.29 is 10.2 Å². The summed E-state index contributed by atoms with van der Waals surface area (Å²) in [5.74, 6) is 0. The van der Waals surface area contributed by atoms with E-state index >= 15 is 0 Å². The number of fused-ring (bicyclic) bond motifs is 2. The van der Waals surface area contributed by atoms with E-state index in [1.54, 1.807) is 0 Å². The Morgan fingerprint density at radius 1 is 0.700 bits per heavy atom. The van der Waals surface area contributed by atoms with Gasteiger partial charge in [-0.05, 0) is 51.6 Å². The van der Waals surface area contributed by atoms with Crippen LogP contribution in [0.2, 0.25) is 0 Å². The molecule has 0 amide bonds. The van der Waals surface area contributed by atoms with Crippen molar-refractivity contribution in [1.82, 2.24) is 0 Å². The van der Waals surface area contributed by atoms with E-state index in [1.807, 2.05) is 18.2 Å². The van der Waals surface area contributed by atoms with Crippen molar-refractivity contribution in [3.63, 3.8) is 0 Å². The molecule has 20 heavy (non-hydrogen) atoms. The zero-order valence-corrected chi connectivity index (χ0v) is 11.3. The van der Waals surface area contributed by atoms with Crippen molar-refractivity contribution in [3.8, 4) is 0 Å². The van der Waals surface area contributed by atoms with Crippen molar-refractivity contribution in [3.05, 3.63) is 59.7 Å². The zero-order valence-electron chi connectivity index (χ0n) is 11.3. The highest BCUT2D eigenvalue weighted by Crippen LogP contribution is 2.31. The molecule has 2 nitrogen and oxygen atoms in total. The zero-order chi connectivity index (χ0) is 13.9. The Morgan fingerprint density at radius 2 is 1.45 bits per heavy atom. The Kier molecular flexibility index (Phi) is 3.68. The molecule has 0 fully saturated rings. The quantitative estimate of drug-likeness (QED) is 0.712. The number of aliphatic hydroxyl groups is 2. The van der Waals surface area contributed by atoms with Crippen LogP contribution in [0.5, 0.6) is 0 Å². The molecule has 0 heterocycles. The summed E-state index contributed by atoms with van der Waals surface area (Å²) in [4.78, 5) is 0. The van der Waals surface area contributed by atoms with E-state index in [0.29, 0.717) is 12.8 Å². The Balaban J connectivity index is 2.39.